The minimum atomic E-state index is -1.58. The maximum absolute atomic E-state index is 2.59. The second kappa shape index (κ2) is 3.51. The Balaban J connectivity index is 2.88. The van der Waals surface area contributed by atoms with E-state index < -0.39 is 18.4 Å². The van der Waals surface area contributed by atoms with Crippen molar-refractivity contribution < 1.29 is 0 Å². The van der Waals surface area contributed by atoms with Crippen molar-refractivity contribution >= 4 is 18.4 Å². The van der Waals surface area contributed by atoms with Gasteiger partial charge in [0.2, 0.25) is 0 Å². The molecule has 0 N–H and O–H groups in total. The summed E-state index contributed by atoms with van der Waals surface area (Å²) in [4.78, 5) is 5.19. The Morgan fingerprint density at radius 3 is 2.18 bits per heavy atom. The second-order valence-electron chi connectivity index (χ2n) is 4.17. The molecule has 0 bridgehead atoms. The predicted molar refractivity (Wildman–Crippen MR) is 54.5 cm³/mol. The van der Waals surface area contributed by atoms with Gasteiger partial charge in [-0.2, -0.15) is 0 Å². The van der Waals surface area contributed by atoms with E-state index in [2.05, 4.69) is 23.7 Å². The Hall–Kier alpha value is 0.539. The first-order chi connectivity index (χ1) is 5.11. The van der Waals surface area contributed by atoms with E-state index in [4.69, 9.17) is 0 Å². The van der Waals surface area contributed by atoms with Gasteiger partial charge in [0.1, 0.15) is 0 Å². The van der Waals surface area contributed by atoms with Crippen molar-refractivity contribution in [3.05, 3.63) is 9.16 Å². The topological polar surface area (TPSA) is 0 Å². The van der Waals surface area contributed by atoms with E-state index in [0.717, 1.165) is 0 Å². The summed E-state index contributed by atoms with van der Waals surface area (Å²) < 4.78 is 3.53. The molecule has 64 valence electrons. The van der Waals surface area contributed by atoms with Gasteiger partial charge < -0.3 is 0 Å². The molecule has 0 spiro atoms. The molecule has 0 aromatic rings. The first kappa shape index (κ1) is 9.63. The van der Waals surface area contributed by atoms with Gasteiger partial charge >= 0.3 is 75.0 Å². The molecule has 0 amide bonds. The van der Waals surface area contributed by atoms with Gasteiger partial charge in [0.15, 0.2) is 0 Å². The van der Waals surface area contributed by atoms with Crippen LogP contribution in [0.25, 0.3) is 0 Å². The van der Waals surface area contributed by atoms with E-state index in [1.165, 1.54) is 19.3 Å². The zero-order valence-electron chi connectivity index (χ0n) is 8.33. The molecule has 1 aliphatic heterocycles. The van der Waals surface area contributed by atoms with Crippen LogP contribution in [0, 0.1) is 0 Å². The van der Waals surface area contributed by atoms with Gasteiger partial charge in [0.25, 0.3) is 0 Å². The van der Waals surface area contributed by atoms with Crippen molar-refractivity contribution in [1.82, 2.24) is 0 Å². The molecular weight excluding hydrogens is 239 g/mol. The molecule has 0 fully saturated rings. The molecule has 1 aliphatic rings. The van der Waals surface area contributed by atoms with Crippen molar-refractivity contribution in [2.24, 2.45) is 0 Å². The summed E-state index contributed by atoms with van der Waals surface area (Å²) in [6, 6.07) is 0. The van der Waals surface area contributed by atoms with Crippen LogP contribution < -0.4 is 0 Å². The summed E-state index contributed by atoms with van der Waals surface area (Å²) in [6.07, 6.45) is 4.12. The summed E-state index contributed by atoms with van der Waals surface area (Å²) in [7, 11) is 0. The van der Waals surface area contributed by atoms with Crippen LogP contribution in [-0.2, 0) is 0 Å². The van der Waals surface area contributed by atoms with E-state index in [9.17, 15) is 0 Å². The molecule has 0 radical (unpaired) electrons. The summed E-state index contributed by atoms with van der Waals surface area (Å²) in [5.41, 5.74) is 1.83. The second-order valence-corrected chi connectivity index (χ2v) is 18.1. The number of allylic oxidation sites excluding steroid dienone is 2. The van der Waals surface area contributed by atoms with Crippen molar-refractivity contribution in [2.45, 2.75) is 47.4 Å². The summed E-state index contributed by atoms with van der Waals surface area (Å²) in [6.45, 7) is 4.66. The van der Waals surface area contributed by atoms with Gasteiger partial charge in [0, 0.05) is 0 Å². The molecule has 1 heterocycles. The van der Waals surface area contributed by atoms with Crippen LogP contribution in [0.1, 0.15) is 33.1 Å². The number of rotatable bonds is 2. The molecule has 0 nitrogen and oxygen atoms in total. The van der Waals surface area contributed by atoms with Gasteiger partial charge in [-0.25, -0.2) is 0 Å². The van der Waals surface area contributed by atoms with Crippen LogP contribution in [0.3, 0.4) is 0 Å². The first-order valence-corrected chi connectivity index (χ1v) is 14.0. The summed E-state index contributed by atoms with van der Waals surface area (Å²) in [5, 5.41) is 0. The molecule has 1 rings (SSSR count). The van der Waals surface area contributed by atoms with Crippen molar-refractivity contribution in [1.29, 1.82) is 0 Å². The van der Waals surface area contributed by atoms with Gasteiger partial charge in [-0.05, 0) is 0 Å². The predicted octanol–water partition coefficient (Wildman–Crippen LogP) is 3.75. The third-order valence-corrected chi connectivity index (χ3v) is 14.0. The Morgan fingerprint density at radius 1 is 1.18 bits per heavy atom. The van der Waals surface area contributed by atoms with Gasteiger partial charge in [-0.1, -0.05) is 0 Å². The SMILES string of the molecule is CCC1=[C](CC)[Sn]([CH3])([CH3])[CH2]C1. The fourth-order valence-corrected chi connectivity index (χ4v) is 12.2. The van der Waals surface area contributed by atoms with Crippen LogP contribution in [-0.4, -0.2) is 18.4 Å². The number of hydrogen-bond donors (Lipinski definition) is 0. The van der Waals surface area contributed by atoms with Crippen LogP contribution in [0.15, 0.2) is 9.16 Å². The molecule has 0 saturated heterocycles. The fourth-order valence-electron chi connectivity index (χ4n) is 2.36. The standard InChI is InChI=1S/C8H14.2CH3.Sn/c1-4-7-8(5-2)6-3;;;/h2,4-6H2,1,3H3;2*1H3;. The maximum atomic E-state index is 2.59. The monoisotopic (exact) mass is 260 g/mol. The number of hydrogen-bond acceptors (Lipinski definition) is 0. The van der Waals surface area contributed by atoms with Crippen LogP contribution in [0.2, 0.25) is 14.3 Å². The van der Waals surface area contributed by atoms with E-state index >= 15 is 0 Å². The third kappa shape index (κ3) is 1.82. The molecule has 0 saturated carbocycles. The van der Waals surface area contributed by atoms with E-state index in [-0.39, 0.29) is 0 Å². The van der Waals surface area contributed by atoms with E-state index in [1.807, 2.05) is 9.16 Å². The minimum absolute atomic E-state index is 1.32. The van der Waals surface area contributed by atoms with Gasteiger partial charge in [0.05, 0.1) is 0 Å². The Bertz CT molecular complexity index is 177. The molecule has 1 heteroatoms. The van der Waals surface area contributed by atoms with E-state index in [1.54, 1.807) is 4.44 Å². The average Bonchev–Trinajstić information content (AvgIpc) is 2.24. The molecule has 0 atom stereocenters. The normalized spacial score (nSPS) is 22.9. The Morgan fingerprint density at radius 2 is 1.82 bits per heavy atom. The zero-order valence-corrected chi connectivity index (χ0v) is 11.2. The van der Waals surface area contributed by atoms with Crippen LogP contribution >= 0.6 is 0 Å². The molecule has 11 heavy (non-hydrogen) atoms. The average molecular weight is 259 g/mol. The van der Waals surface area contributed by atoms with Crippen LogP contribution in [0.5, 0.6) is 0 Å². The molecular formula is C10H20Sn. The summed E-state index contributed by atoms with van der Waals surface area (Å²) >= 11 is -1.58. The quantitative estimate of drug-likeness (QED) is 0.662. The Labute approximate surface area is 74.9 Å². The van der Waals surface area contributed by atoms with Gasteiger partial charge in [-0.15, -0.1) is 0 Å². The molecule has 0 aromatic carbocycles. The van der Waals surface area contributed by atoms with Crippen LogP contribution in [0.4, 0.5) is 0 Å². The fraction of sp³-hybridized carbons (Fsp3) is 0.800. The zero-order chi connectivity index (χ0) is 8.48. The third-order valence-electron chi connectivity index (χ3n) is 3.08. The van der Waals surface area contributed by atoms with Gasteiger partial charge in [-0.3, -0.25) is 0 Å². The first-order valence-electron chi connectivity index (χ1n) is 4.83. The Kier molecular flexibility index (Phi) is 3.07. The van der Waals surface area contributed by atoms with Crippen molar-refractivity contribution in [3.8, 4) is 0 Å². The molecule has 0 aliphatic carbocycles. The molecule has 0 aromatic heterocycles. The van der Waals surface area contributed by atoms with E-state index in [0.29, 0.717) is 0 Å². The molecule has 0 unspecified atom stereocenters. The van der Waals surface area contributed by atoms with Crippen molar-refractivity contribution in [3.63, 3.8) is 0 Å². The summed E-state index contributed by atoms with van der Waals surface area (Å²) in [5.74, 6) is 0. The van der Waals surface area contributed by atoms with Crippen molar-refractivity contribution in [2.75, 3.05) is 0 Å².